The Bertz CT molecular complexity index is 444. The highest BCUT2D eigenvalue weighted by molar-refractivity contribution is 7.07. The van der Waals surface area contributed by atoms with Gasteiger partial charge in [-0.25, -0.2) is 0 Å². The summed E-state index contributed by atoms with van der Waals surface area (Å²) in [5.41, 5.74) is 4.22. The average molecular weight is 259 g/mol. The molecule has 0 saturated heterocycles. The van der Waals surface area contributed by atoms with E-state index >= 15 is 0 Å². The van der Waals surface area contributed by atoms with E-state index in [4.69, 9.17) is 0 Å². The van der Waals surface area contributed by atoms with Crippen molar-refractivity contribution >= 4 is 11.3 Å². The van der Waals surface area contributed by atoms with Gasteiger partial charge in [-0.15, -0.1) is 0 Å². The fourth-order valence-corrected chi connectivity index (χ4v) is 2.82. The summed E-state index contributed by atoms with van der Waals surface area (Å²) in [6.07, 6.45) is 3.47. The molecule has 1 nitrogen and oxygen atoms in total. The molecule has 1 unspecified atom stereocenters. The molecule has 1 aromatic heterocycles. The number of nitrogens with one attached hydrogen (secondary N) is 1. The molecule has 0 bridgehead atoms. The van der Waals surface area contributed by atoms with Crippen molar-refractivity contribution in [3.63, 3.8) is 0 Å². The van der Waals surface area contributed by atoms with Gasteiger partial charge >= 0.3 is 0 Å². The van der Waals surface area contributed by atoms with Crippen LogP contribution in [-0.4, -0.2) is 13.1 Å². The van der Waals surface area contributed by atoms with Crippen molar-refractivity contribution in [1.29, 1.82) is 0 Å². The smallest absolute Gasteiger partial charge is 0.0108 e. The van der Waals surface area contributed by atoms with E-state index in [0.29, 0.717) is 6.04 Å². The van der Waals surface area contributed by atoms with Crippen molar-refractivity contribution in [3.05, 3.63) is 57.8 Å². The molecule has 18 heavy (non-hydrogen) atoms. The van der Waals surface area contributed by atoms with E-state index in [0.717, 1.165) is 12.8 Å². The van der Waals surface area contributed by atoms with Crippen LogP contribution in [0.2, 0.25) is 0 Å². The lowest BCUT2D eigenvalue weighted by Crippen LogP contribution is -2.27. The van der Waals surface area contributed by atoms with E-state index in [1.54, 1.807) is 11.3 Å². The SMILES string of the molecule is CNC(CCc1ccc(C)cc1)Cc1ccsc1. The van der Waals surface area contributed by atoms with Crippen molar-refractivity contribution < 1.29 is 0 Å². The molecular formula is C16H21NS. The van der Waals surface area contributed by atoms with Crippen LogP contribution in [0.1, 0.15) is 23.1 Å². The maximum atomic E-state index is 3.43. The lowest BCUT2D eigenvalue weighted by molar-refractivity contribution is 0.521. The Labute approximate surface area is 114 Å². The van der Waals surface area contributed by atoms with Gasteiger partial charge in [-0.1, -0.05) is 29.8 Å². The molecule has 0 aliphatic heterocycles. The Kier molecular flexibility index (Phi) is 4.97. The summed E-state index contributed by atoms with van der Waals surface area (Å²) in [7, 11) is 2.06. The van der Waals surface area contributed by atoms with Crippen LogP contribution >= 0.6 is 11.3 Å². The lowest BCUT2D eigenvalue weighted by Gasteiger charge is -2.15. The number of aryl methyl sites for hydroxylation is 2. The van der Waals surface area contributed by atoms with Gasteiger partial charge < -0.3 is 5.32 Å². The first kappa shape index (κ1) is 13.3. The Morgan fingerprint density at radius 2 is 1.89 bits per heavy atom. The van der Waals surface area contributed by atoms with Gasteiger partial charge in [-0.05, 0) is 61.2 Å². The van der Waals surface area contributed by atoms with Crippen LogP contribution in [-0.2, 0) is 12.8 Å². The Morgan fingerprint density at radius 1 is 1.11 bits per heavy atom. The van der Waals surface area contributed by atoms with Gasteiger partial charge in [-0.2, -0.15) is 11.3 Å². The van der Waals surface area contributed by atoms with E-state index in [-0.39, 0.29) is 0 Å². The third-order valence-electron chi connectivity index (χ3n) is 3.37. The molecule has 2 heteroatoms. The summed E-state index contributed by atoms with van der Waals surface area (Å²) in [4.78, 5) is 0. The molecule has 2 aromatic rings. The Balaban J connectivity index is 1.85. The van der Waals surface area contributed by atoms with Crippen LogP contribution in [0.15, 0.2) is 41.1 Å². The number of benzene rings is 1. The van der Waals surface area contributed by atoms with Crippen LogP contribution in [0, 0.1) is 6.92 Å². The molecule has 0 fully saturated rings. The number of rotatable bonds is 6. The maximum Gasteiger partial charge on any atom is 0.0108 e. The van der Waals surface area contributed by atoms with Crippen LogP contribution < -0.4 is 5.32 Å². The molecule has 0 aliphatic rings. The summed E-state index contributed by atoms with van der Waals surface area (Å²) in [5, 5.41) is 7.83. The van der Waals surface area contributed by atoms with E-state index in [1.165, 1.54) is 23.1 Å². The van der Waals surface area contributed by atoms with Gasteiger partial charge in [0.05, 0.1) is 0 Å². The molecule has 1 atom stereocenters. The summed E-state index contributed by atoms with van der Waals surface area (Å²) >= 11 is 1.78. The van der Waals surface area contributed by atoms with Crippen molar-refractivity contribution in [3.8, 4) is 0 Å². The molecule has 0 spiro atoms. The summed E-state index contributed by atoms with van der Waals surface area (Å²) in [6, 6.07) is 11.7. The predicted octanol–water partition coefficient (Wildman–Crippen LogP) is 3.82. The standard InChI is InChI=1S/C16H21NS/c1-13-3-5-14(6-4-13)7-8-16(17-2)11-15-9-10-18-12-15/h3-6,9-10,12,16-17H,7-8,11H2,1-2H3. The fourth-order valence-electron chi connectivity index (χ4n) is 2.14. The second-order valence-electron chi connectivity index (χ2n) is 4.85. The molecule has 0 radical (unpaired) electrons. The van der Waals surface area contributed by atoms with Crippen LogP contribution in [0.3, 0.4) is 0 Å². The summed E-state index contributed by atoms with van der Waals surface area (Å²) < 4.78 is 0. The van der Waals surface area contributed by atoms with Crippen LogP contribution in [0.5, 0.6) is 0 Å². The number of thiophene rings is 1. The van der Waals surface area contributed by atoms with E-state index in [9.17, 15) is 0 Å². The number of hydrogen-bond acceptors (Lipinski definition) is 2. The highest BCUT2D eigenvalue weighted by atomic mass is 32.1. The Morgan fingerprint density at radius 3 is 2.50 bits per heavy atom. The third kappa shape index (κ3) is 3.97. The zero-order valence-electron chi connectivity index (χ0n) is 11.1. The molecule has 2 rings (SSSR count). The van der Waals surface area contributed by atoms with Crippen molar-refractivity contribution in [1.82, 2.24) is 5.32 Å². The van der Waals surface area contributed by atoms with Gasteiger partial charge in [0.1, 0.15) is 0 Å². The maximum absolute atomic E-state index is 3.43. The van der Waals surface area contributed by atoms with Gasteiger partial charge in [0.15, 0.2) is 0 Å². The van der Waals surface area contributed by atoms with Gasteiger partial charge in [0.25, 0.3) is 0 Å². The van der Waals surface area contributed by atoms with E-state index in [1.807, 2.05) is 0 Å². The molecule has 1 N–H and O–H groups in total. The fraction of sp³-hybridized carbons (Fsp3) is 0.375. The van der Waals surface area contributed by atoms with Crippen LogP contribution in [0.4, 0.5) is 0 Å². The zero-order valence-corrected chi connectivity index (χ0v) is 12.0. The first-order valence-corrected chi connectivity index (χ1v) is 7.46. The van der Waals surface area contributed by atoms with Gasteiger partial charge in [0.2, 0.25) is 0 Å². The summed E-state index contributed by atoms with van der Waals surface area (Å²) in [6.45, 7) is 2.14. The minimum atomic E-state index is 0.570. The molecule has 96 valence electrons. The minimum absolute atomic E-state index is 0.570. The van der Waals surface area contributed by atoms with Gasteiger partial charge in [0, 0.05) is 6.04 Å². The van der Waals surface area contributed by atoms with Crippen molar-refractivity contribution in [2.45, 2.75) is 32.2 Å². The quantitative estimate of drug-likeness (QED) is 0.831. The lowest BCUT2D eigenvalue weighted by atomic mass is 10.00. The second kappa shape index (κ2) is 6.72. The van der Waals surface area contributed by atoms with Crippen molar-refractivity contribution in [2.24, 2.45) is 0 Å². The van der Waals surface area contributed by atoms with Gasteiger partial charge in [-0.3, -0.25) is 0 Å². The van der Waals surface area contributed by atoms with E-state index in [2.05, 4.69) is 60.4 Å². The average Bonchev–Trinajstić information content (AvgIpc) is 2.89. The molecule has 0 amide bonds. The number of likely N-dealkylation sites (N-methyl/N-ethyl adjacent to an activating group) is 1. The molecule has 1 heterocycles. The largest absolute Gasteiger partial charge is 0.317 e. The summed E-state index contributed by atoms with van der Waals surface area (Å²) in [5.74, 6) is 0. The number of hydrogen-bond donors (Lipinski definition) is 1. The molecule has 0 aliphatic carbocycles. The highest BCUT2D eigenvalue weighted by Crippen LogP contribution is 2.13. The van der Waals surface area contributed by atoms with Crippen molar-refractivity contribution in [2.75, 3.05) is 7.05 Å². The second-order valence-corrected chi connectivity index (χ2v) is 5.63. The minimum Gasteiger partial charge on any atom is -0.317 e. The Hall–Kier alpha value is -1.12. The zero-order chi connectivity index (χ0) is 12.8. The predicted molar refractivity (Wildman–Crippen MR) is 80.4 cm³/mol. The normalized spacial score (nSPS) is 12.6. The highest BCUT2D eigenvalue weighted by Gasteiger charge is 2.07. The topological polar surface area (TPSA) is 12.0 Å². The monoisotopic (exact) mass is 259 g/mol. The first-order valence-electron chi connectivity index (χ1n) is 6.52. The van der Waals surface area contributed by atoms with Crippen LogP contribution in [0.25, 0.3) is 0 Å². The third-order valence-corrected chi connectivity index (χ3v) is 4.10. The molecular weight excluding hydrogens is 238 g/mol. The van der Waals surface area contributed by atoms with E-state index < -0.39 is 0 Å². The first-order chi connectivity index (χ1) is 8.78. The molecule has 1 aromatic carbocycles. The molecule has 0 saturated carbocycles.